The molecule has 0 radical (unpaired) electrons. The van der Waals surface area contributed by atoms with Gasteiger partial charge < -0.3 is 20.1 Å². The average Bonchev–Trinajstić information content (AvgIpc) is 2.96. The molecule has 20 heavy (non-hydrogen) atoms. The van der Waals surface area contributed by atoms with Gasteiger partial charge in [0.2, 0.25) is 5.91 Å². The first-order valence-corrected chi connectivity index (χ1v) is 6.85. The van der Waals surface area contributed by atoms with Crippen LogP contribution in [0.5, 0.6) is 5.75 Å². The average molecular weight is 278 g/mol. The van der Waals surface area contributed by atoms with Crippen LogP contribution < -0.4 is 15.4 Å². The fraction of sp³-hybridized carbons (Fsp3) is 0.533. The summed E-state index contributed by atoms with van der Waals surface area (Å²) in [6, 6.07) is 7.43. The Bertz CT molecular complexity index is 464. The Labute approximate surface area is 119 Å². The molecule has 1 amide bonds. The molecule has 1 aliphatic rings. The lowest BCUT2D eigenvalue weighted by molar-refractivity contribution is -0.123. The molecule has 5 heteroatoms. The largest absolute Gasteiger partial charge is 0.496 e. The normalized spacial score (nSPS) is 23.4. The zero-order chi connectivity index (χ0) is 14.5. The molecule has 110 valence electrons. The molecule has 1 aromatic rings. The fourth-order valence-electron chi connectivity index (χ4n) is 2.50. The maximum absolute atomic E-state index is 12.2. The molecule has 0 spiro atoms. The Morgan fingerprint density at radius 1 is 1.40 bits per heavy atom. The van der Waals surface area contributed by atoms with Gasteiger partial charge in [0.1, 0.15) is 5.75 Å². The molecule has 1 aliphatic heterocycles. The van der Waals surface area contributed by atoms with Crippen LogP contribution in [0.2, 0.25) is 0 Å². The summed E-state index contributed by atoms with van der Waals surface area (Å²) in [5.41, 5.74) is 0.977. The van der Waals surface area contributed by atoms with Gasteiger partial charge in [0.05, 0.1) is 25.3 Å². The van der Waals surface area contributed by atoms with Crippen molar-refractivity contribution in [1.82, 2.24) is 10.6 Å². The lowest BCUT2D eigenvalue weighted by atomic mass is 10.1. The summed E-state index contributed by atoms with van der Waals surface area (Å²) in [7, 11) is 3.30. The highest BCUT2D eigenvalue weighted by molar-refractivity contribution is 5.82. The molecule has 1 saturated heterocycles. The van der Waals surface area contributed by atoms with Gasteiger partial charge in [-0.3, -0.25) is 4.79 Å². The number of ether oxygens (including phenoxy) is 2. The molecule has 5 nitrogen and oxygen atoms in total. The van der Waals surface area contributed by atoms with Crippen LogP contribution >= 0.6 is 0 Å². The van der Waals surface area contributed by atoms with Crippen LogP contribution in [0.3, 0.4) is 0 Å². The third-order valence-electron chi connectivity index (χ3n) is 3.70. The molecule has 0 saturated carbocycles. The topological polar surface area (TPSA) is 59.6 Å². The summed E-state index contributed by atoms with van der Waals surface area (Å²) in [5.74, 6) is 0.789. The second-order valence-corrected chi connectivity index (χ2v) is 5.03. The van der Waals surface area contributed by atoms with Crippen molar-refractivity contribution >= 4 is 5.91 Å². The summed E-state index contributed by atoms with van der Waals surface area (Å²) in [5, 5.41) is 6.19. The molecule has 1 heterocycles. The number of hydrogen-bond acceptors (Lipinski definition) is 4. The van der Waals surface area contributed by atoms with E-state index in [-0.39, 0.29) is 24.1 Å². The van der Waals surface area contributed by atoms with Crippen LogP contribution in [0.4, 0.5) is 0 Å². The summed E-state index contributed by atoms with van der Waals surface area (Å²) in [4.78, 5) is 12.2. The van der Waals surface area contributed by atoms with E-state index in [1.165, 1.54) is 0 Å². The second-order valence-electron chi connectivity index (χ2n) is 5.03. The Balaban J connectivity index is 1.97. The van der Waals surface area contributed by atoms with Gasteiger partial charge in [-0.25, -0.2) is 0 Å². The van der Waals surface area contributed by atoms with Crippen LogP contribution in [0.15, 0.2) is 24.3 Å². The van der Waals surface area contributed by atoms with Crippen molar-refractivity contribution in [1.29, 1.82) is 0 Å². The first kappa shape index (κ1) is 14.8. The summed E-state index contributed by atoms with van der Waals surface area (Å²) in [6.45, 7) is 2.68. The van der Waals surface area contributed by atoms with Gasteiger partial charge in [-0.2, -0.15) is 0 Å². The minimum absolute atomic E-state index is 0.00274. The number of amides is 1. The molecule has 0 aliphatic carbocycles. The molecule has 0 aromatic heterocycles. The number of para-hydroxylation sites is 1. The van der Waals surface area contributed by atoms with E-state index in [0.717, 1.165) is 17.9 Å². The quantitative estimate of drug-likeness (QED) is 0.851. The van der Waals surface area contributed by atoms with Gasteiger partial charge in [-0.05, 0) is 19.4 Å². The van der Waals surface area contributed by atoms with Gasteiger partial charge in [-0.1, -0.05) is 18.2 Å². The highest BCUT2D eigenvalue weighted by atomic mass is 16.5. The van der Waals surface area contributed by atoms with Crippen LogP contribution in [-0.2, 0) is 9.53 Å². The first-order valence-electron chi connectivity index (χ1n) is 6.85. The van der Waals surface area contributed by atoms with Crippen molar-refractivity contribution in [2.24, 2.45) is 0 Å². The Kier molecular flexibility index (Phi) is 4.98. The van der Waals surface area contributed by atoms with E-state index < -0.39 is 0 Å². The number of methoxy groups -OCH3 is 2. The zero-order valence-corrected chi connectivity index (χ0v) is 12.2. The van der Waals surface area contributed by atoms with Crippen molar-refractivity contribution in [2.75, 3.05) is 20.8 Å². The van der Waals surface area contributed by atoms with E-state index in [9.17, 15) is 4.79 Å². The van der Waals surface area contributed by atoms with Crippen LogP contribution in [0.25, 0.3) is 0 Å². The standard InChI is InChI=1S/C15H22N2O3/c1-10(12-6-4-5-7-14(12)20-3)17-15(18)13-8-11(19-2)9-16-13/h4-7,10-11,13,16H,8-9H2,1-3H3,(H,17,18). The maximum Gasteiger partial charge on any atom is 0.237 e. The van der Waals surface area contributed by atoms with Crippen molar-refractivity contribution in [2.45, 2.75) is 31.5 Å². The van der Waals surface area contributed by atoms with Gasteiger partial charge in [0, 0.05) is 19.2 Å². The lowest BCUT2D eigenvalue weighted by Gasteiger charge is -2.19. The van der Waals surface area contributed by atoms with E-state index in [2.05, 4.69) is 10.6 Å². The number of hydrogen-bond donors (Lipinski definition) is 2. The SMILES string of the molecule is COc1ccccc1C(C)NC(=O)C1CC(OC)CN1. The molecule has 3 unspecified atom stereocenters. The summed E-state index contributed by atoms with van der Waals surface area (Å²) < 4.78 is 10.6. The number of carbonyl (C=O) groups is 1. The molecule has 0 bridgehead atoms. The molecule has 2 rings (SSSR count). The van der Waals surface area contributed by atoms with Crippen LogP contribution in [-0.4, -0.2) is 38.8 Å². The minimum Gasteiger partial charge on any atom is -0.496 e. The van der Waals surface area contributed by atoms with Crippen LogP contribution in [0, 0.1) is 0 Å². The number of rotatable bonds is 5. The van der Waals surface area contributed by atoms with E-state index >= 15 is 0 Å². The van der Waals surface area contributed by atoms with Gasteiger partial charge in [0.25, 0.3) is 0 Å². The van der Waals surface area contributed by atoms with Gasteiger partial charge in [-0.15, -0.1) is 0 Å². The third-order valence-corrected chi connectivity index (χ3v) is 3.70. The monoisotopic (exact) mass is 278 g/mol. The van der Waals surface area contributed by atoms with E-state index in [1.807, 2.05) is 31.2 Å². The Morgan fingerprint density at radius 3 is 2.80 bits per heavy atom. The number of nitrogens with one attached hydrogen (secondary N) is 2. The summed E-state index contributed by atoms with van der Waals surface area (Å²) >= 11 is 0. The highest BCUT2D eigenvalue weighted by Crippen LogP contribution is 2.24. The van der Waals surface area contributed by atoms with Crippen molar-refractivity contribution in [3.05, 3.63) is 29.8 Å². The Hall–Kier alpha value is -1.59. The number of carbonyl (C=O) groups excluding carboxylic acids is 1. The highest BCUT2D eigenvalue weighted by Gasteiger charge is 2.30. The second kappa shape index (κ2) is 6.72. The molecule has 3 atom stereocenters. The van der Waals surface area contributed by atoms with E-state index in [0.29, 0.717) is 6.42 Å². The predicted octanol–water partition coefficient (Wildman–Crippen LogP) is 1.25. The zero-order valence-electron chi connectivity index (χ0n) is 12.2. The molecule has 1 aromatic carbocycles. The fourth-order valence-corrected chi connectivity index (χ4v) is 2.50. The first-order chi connectivity index (χ1) is 9.65. The van der Waals surface area contributed by atoms with Crippen molar-refractivity contribution < 1.29 is 14.3 Å². The number of benzene rings is 1. The molecule has 2 N–H and O–H groups in total. The smallest absolute Gasteiger partial charge is 0.237 e. The van der Waals surface area contributed by atoms with Crippen molar-refractivity contribution in [3.8, 4) is 5.75 Å². The van der Waals surface area contributed by atoms with E-state index in [4.69, 9.17) is 9.47 Å². The lowest BCUT2D eigenvalue weighted by Crippen LogP contribution is -2.41. The summed E-state index contributed by atoms with van der Waals surface area (Å²) in [6.07, 6.45) is 0.827. The molecular formula is C15H22N2O3. The van der Waals surface area contributed by atoms with Gasteiger partial charge >= 0.3 is 0 Å². The van der Waals surface area contributed by atoms with E-state index in [1.54, 1.807) is 14.2 Å². The van der Waals surface area contributed by atoms with Gasteiger partial charge in [0.15, 0.2) is 0 Å². The third kappa shape index (κ3) is 3.29. The maximum atomic E-state index is 12.2. The molecule has 1 fully saturated rings. The molecular weight excluding hydrogens is 256 g/mol. The van der Waals surface area contributed by atoms with Crippen molar-refractivity contribution in [3.63, 3.8) is 0 Å². The minimum atomic E-state index is -0.183. The predicted molar refractivity (Wildman–Crippen MR) is 76.8 cm³/mol. The Morgan fingerprint density at radius 2 is 2.15 bits per heavy atom. The van der Waals surface area contributed by atoms with Crippen LogP contribution in [0.1, 0.15) is 24.9 Å².